The van der Waals surface area contributed by atoms with Gasteiger partial charge in [0.05, 0.1) is 0 Å². The third-order valence-electron chi connectivity index (χ3n) is 3.73. The van der Waals surface area contributed by atoms with Crippen LogP contribution in [0, 0.1) is 0 Å². The molecule has 0 spiro atoms. The molecule has 1 heterocycles. The molecule has 0 bridgehead atoms. The number of hydrogen-bond donors (Lipinski definition) is 2. The van der Waals surface area contributed by atoms with Crippen LogP contribution in [0.2, 0.25) is 0 Å². The van der Waals surface area contributed by atoms with Gasteiger partial charge in [-0.25, -0.2) is 0 Å². The minimum atomic E-state index is 0.0982. The number of aryl methyl sites for hydroxylation is 1. The first-order valence-corrected chi connectivity index (χ1v) is 7.26. The van der Waals surface area contributed by atoms with Gasteiger partial charge >= 0.3 is 0 Å². The van der Waals surface area contributed by atoms with Gasteiger partial charge in [-0.1, -0.05) is 36.4 Å². The standard InChI is InChI=1S/C17H20N2O2/c18-19-15(8-6-13-4-2-1-3-5-13)14-7-9-16-17(12-14)21-11-10-20-16/h1-5,7,9,12,15,19H,6,8,10-11,18H2. The van der Waals surface area contributed by atoms with Crippen LogP contribution in [0.4, 0.5) is 0 Å². The van der Waals surface area contributed by atoms with Crippen molar-refractivity contribution < 1.29 is 9.47 Å². The van der Waals surface area contributed by atoms with Gasteiger partial charge in [0, 0.05) is 6.04 Å². The quantitative estimate of drug-likeness (QED) is 0.654. The molecule has 1 atom stereocenters. The molecule has 0 aromatic heterocycles. The molecule has 4 nitrogen and oxygen atoms in total. The van der Waals surface area contributed by atoms with Crippen LogP contribution >= 0.6 is 0 Å². The molecule has 3 rings (SSSR count). The Morgan fingerprint density at radius 3 is 2.52 bits per heavy atom. The summed E-state index contributed by atoms with van der Waals surface area (Å²) < 4.78 is 11.2. The average molecular weight is 284 g/mol. The highest BCUT2D eigenvalue weighted by Crippen LogP contribution is 2.33. The van der Waals surface area contributed by atoms with E-state index in [1.165, 1.54) is 5.56 Å². The van der Waals surface area contributed by atoms with Crippen molar-refractivity contribution in [1.29, 1.82) is 0 Å². The Morgan fingerprint density at radius 1 is 1.00 bits per heavy atom. The Hall–Kier alpha value is -2.04. The number of nitrogens with two attached hydrogens (primary N) is 1. The number of hydrogen-bond acceptors (Lipinski definition) is 4. The zero-order chi connectivity index (χ0) is 14.5. The average Bonchev–Trinajstić information content (AvgIpc) is 2.56. The molecule has 0 fully saturated rings. The number of hydrazine groups is 1. The normalized spacial score (nSPS) is 14.7. The minimum absolute atomic E-state index is 0.0982. The highest BCUT2D eigenvalue weighted by atomic mass is 16.6. The maximum Gasteiger partial charge on any atom is 0.161 e. The molecule has 110 valence electrons. The summed E-state index contributed by atoms with van der Waals surface area (Å²) in [5, 5.41) is 0. The Bertz CT molecular complexity index is 587. The molecule has 0 saturated heterocycles. The Labute approximate surface area is 124 Å². The number of nitrogens with one attached hydrogen (secondary N) is 1. The van der Waals surface area contributed by atoms with E-state index < -0.39 is 0 Å². The molecule has 2 aromatic carbocycles. The third-order valence-corrected chi connectivity index (χ3v) is 3.73. The smallest absolute Gasteiger partial charge is 0.161 e. The first-order chi connectivity index (χ1) is 10.4. The topological polar surface area (TPSA) is 56.5 Å². The Balaban J connectivity index is 1.71. The van der Waals surface area contributed by atoms with Crippen LogP contribution in [0.15, 0.2) is 48.5 Å². The van der Waals surface area contributed by atoms with E-state index in [4.69, 9.17) is 15.3 Å². The maximum absolute atomic E-state index is 5.72. The summed E-state index contributed by atoms with van der Waals surface area (Å²) in [7, 11) is 0. The van der Waals surface area contributed by atoms with Crippen molar-refractivity contribution in [2.45, 2.75) is 18.9 Å². The predicted octanol–water partition coefficient (Wildman–Crippen LogP) is 2.60. The van der Waals surface area contributed by atoms with E-state index in [0.29, 0.717) is 13.2 Å². The van der Waals surface area contributed by atoms with Gasteiger partial charge in [0.25, 0.3) is 0 Å². The zero-order valence-corrected chi connectivity index (χ0v) is 11.9. The third kappa shape index (κ3) is 3.35. The fourth-order valence-electron chi connectivity index (χ4n) is 2.58. The number of benzene rings is 2. The molecule has 1 aliphatic heterocycles. The van der Waals surface area contributed by atoms with Crippen LogP contribution in [0.5, 0.6) is 11.5 Å². The second kappa shape index (κ2) is 6.61. The van der Waals surface area contributed by atoms with Crippen molar-refractivity contribution in [3.63, 3.8) is 0 Å². The van der Waals surface area contributed by atoms with Gasteiger partial charge in [0.15, 0.2) is 11.5 Å². The summed E-state index contributed by atoms with van der Waals surface area (Å²) in [5.74, 6) is 7.34. The molecule has 0 saturated carbocycles. The van der Waals surface area contributed by atoms with E-state index in [2.05, 4.69) is 29.7 Å². The first-order valence-electron chi connectivity index (χ1n) is 7.26. The summed E-state index contributed by atoms with van der Waals surface area (Å²) in [5.41, 5.74) is 5.34. The largest absolute Gasteiger partial charge is 0.486 e. The van der Waals surface area contributed by atoms with Gasteiger partial charge in [-0.2, -0.15) is 0 Å². The van der Waals surface area contributed by atoms with Crippen LogP contribution in [0.25, 0.3) is 0 Å². The van der Waals surface area contributed by atoms with Crippen molar-refractivity contribution in [3.8, 4) is 11.5 Å². The van der Waals surface area contributed by atoms with Gasteiger partial charge in [-0.05, 0) is 36.1 Å². The first kappa shape index (κ1) is 13.9. The summed E-state index contributed by atoms with van der Waals surface area (Å²) in [6.07, 6.45) is 1.91. The van der Waals surface area contributed by atoms with Crippen molar-refractivity contribution in [2.24, 2.45) is 5.84 Å². The predicted molar refractivity (Wildman–Crippen MR) is 82.3 cm³/mol. The molecule has 1 aliphatic rings. The summed E-state index contributed by atoms with van der Waals surface area (Å²) >= 11 is 0. The highest BCUT2D eigenvalue weighted by Gasteiger charge is 2.16. The molecule has 0 aliphatic carbocycles. The lowest BCUT2D eigenvalue weighted by molar-refractivity contribution is 0.171. The van der Waals surface area contributed by atoms with E-state index in [1.807, 2.05) is 24.3 Å². The van der Waals surface area contributed by atoms with E-state index in [9.17, 15) is 0 Å². The van der Waals surface area contributed by atoms with E-state index in [-0.39, 0.29) is 6.04 Å². The molecule has 3 N–H and O–H groups in total. The maximum atomic E-state index is 5.72. The monoisotopic (exact) mass is 284 g/mol. The molecular formula is C17H20N2O2. The van der Waals surface area contributed by atoms with Crippen molar-refractivity contribution in [3.05, 3.63) is 59.7 Å². The van der Waals surface area contributed by atoms with Crippen LogP contribution in [-0.2, 0) is 6.42 Å². The molecule has 21 heavy (non-hydrogen) atoms. The molecule has 0 radical (unpaired) electrons. The number of rotatable bonds is 5. The van der Waals surface area contributed by atoms with Gasteiger partial charge in [-0.15, -0.1) is 0 Å². The lowest BCUT2D eigenvalue weighted by Crippen LogP contribution is -2.28. The lowest BCUT2D eigenvalue weighted by Gasteiger charge is -2.22. The van der Waals surface area contributed by atoms with Gasteiger partial charge in [0.2, 0.25) is 0 Å². The van der Waals surface area contributed by atoms with Crippen LogP contribution in [0.1, 0.15) is 23.6 Å². The number of ether oxygens (including phenoxy) is 2. The lowest BCUT2D eigenvalue weighted by atomic mass is 9.99. The van der Waals surface area contributed by atoms with E-state index >= 15 is 0 Å². The van der Waals surface area contributed by atoms with E-state index in [0.717, 1.165) is 29.9 Å². The fraction of sp³-hybridized carbons (Fsp3) is 0.294. The fourth-order valence-corrected chi connectivity index (χ4v) is 2.58. The second-order valence-corrected chi connectivity index (χ2v) is 5.15. The van der Waals surface area contributed by atoms with Crippen molar-refractivity contribution in [1.82, 2.24) is 5.43 Å². The Morgan fingerprint density at radius 2 is 1.76 bits per heavy atom. The molecule has 1 unspecified atom stereocenters. The zero-order valence-electron chi connectivity index (χ0n) is 11.9. The van der Waals surface area contributed by atoms with Gasteiger partial charge in [-0.3, -0.25) is 11.3 Å². The van der Waals surface area contributed by atoms with Gasteiger partial charge in [0.1, 0.15) is 13.2 Å². The summed E-state index contributed by atoms with van der Waals surface area (Å²) in [4.78, 5) is 0. The van der Waals surface area contributed by atoms with E-state index in [1.54, 1.807) is 0 Å². The van der Waals surface area contributed by atoms with Crippen LogP contribution in [0.3, 0.4) is 0 Å². The van der Waals surface area contributed by atoms with Crippen LogP contribution in [-0.4, -0.2) is 13.2 Å². The highest BCUT2D eigenvalue weighted by molar-refractivity contribution is 5.44. The van der Waals surface area contributed by atoms with Gasteiger partial charge < -0.3 is 9.47 Å². The molecule has 4 heteroatoms. The molecule has 0 amide bonds. The summed E-state index contributed by atoms with van der Waals surface area (Å²) in [6.45, 7) is 1.21. The minimum Gasteiger partial charge on any atom is -0.486 e. The second-order valence-electron chi connectivity index (χ2n) is 5.15. The molecule has 2 aromatic rings. The van der Waals surface area contributed by atoms with Crippen molar-refractivity contribution >= 4 is 0 Å². The molecular weight excluding hydrogens is 264 g/mol. The number of fused-ring (bicyclic) bond motifs is 1. The Kier molecular flexibility index (Phi) is 4.38. The SMILES string of the molecule is NNC(CCc1ccccc1)c1ccc2c(c1)OCCO2. The van der Waals surface area contributed by atoms with Crippen molar-refractivity contribution in [2.75, 3.05) is 13.2 Å². The summed E-state index contributed by atoms with van der Waals surface area (Å²) in [6, 6.07) is 16.5. The van der Waals surface area contributed by atoms with Crippen LogP contribution < -0.4 is 20.7 Å².